The first-order chi connectivity index (χ1) is 11.2. The lowest BCUT2D eigenvalue weighted by atomic mass is 10.1. The van der Waals surface area contributed by atoms with Gasteiger partial charge in [-0.25, -0.2) is 0 Å². The van der Waals surface area contributed by atoms with Crippen molar-refractivity contribution in [3.8, 4) is 0 Å². The van der Waals surface area contributed by atoms with Crippen LogP contribution in [-0.4, -0.2) is 39.6 Å². The highest BCUT2D eigenvalue weighted by atomic mass is 32.2. The Bertz CT molecular complexity index is 680. The number of hydrogen-bond donors (Lipinski definition) is 0. The fraction of sp³-hybridized carbons (Fsp3) is 0.353. The predicted molar refractivity (Wildman–Crippen MR) is 90.5 cm³/mol. The van der Waals surface area contributed by atoms with Crippen molar-refractivity contribution in [1.82, 2.24) is 14.9 Å². The highest BCUT2D eigenvalue weighted by molar-refractivity contribution is 8.04. The molecule has 0 amide bonds. The average molecular weight is 329 g/mol. The van der Waals surface area contributed by atoms with Crippen LogP contribution in [0.2, 0.25) is 0 Å². The van der Waals surface area contributed by atoms with Crippen LogP contribution in [0.1, 0.15) is 17.8 Å². The second-order valence-corrected chi connectivity index (χ2v) is 6.57. The fourth-order valence-electron chi connectivity index (χ4n) is 2.55. The van der Waals surface area contributed by atoms with E-state index in [1.165, 1.54) is 18.9 Å². The summed E-state index contributed by atoms with van der Waals surface area (Å²) in [5.41, 5.74) is 2.98. The first kappa shape index (κ1) is 15.8. The molecule has 2 aliphatic heterocycles. The van der Waals surface area contributed by atoms with E-state index in [4.69, 9.17) is 4.74 Å². The smallest absolute Gasteiger partial charge is 0.211 e. The number of Topliss-reactive ketones (excluding diaryl/α,β-unsaturated/α-hetero) is 1. The molecule has 1 aromatic rings. The standard InChI is InChI=1S/C17H19N3O2S/c1-12-8-19-13(9-18-12)10-20-6-4-3-5-14(20)7-16-17(21)15(22-2)11-23-16/h3-5,8-9,11,16H,6-7,10H2,1-2H3. The molecule has 3 rings (SSSR count). The van der Waals surface area contributed by atoms with Gasteiger partial charge < -0.3 is 9.64 Å². The highest BCUT2D eigenvalue weighted by Gasteiger charge is 2.31. The molecule has 120 valence electrons. The molecule has 0 spiro atoms. The molecule has 0 fully saturated rings. The van der Waals surface area contributed by atoms with E-state index in [2.05, 4.69) is 27.0 Å². The molecule has 1 atom stereocenters. The number of methoxy groups -OCH3 is 1. The fourth-order valence-corrected chi connectivity index (χ4v) is 3.56. The number of aromatic nitrogens is 2. The zero-order chi connectivity index (χ0) is 16.2. The molecule has 6 heteroatoms. The van der Waals surface area contributed by atoms with Crippen LogP contribution in [0.3, 0.4) is 0 Å². The van der Waals surface area contributed by atoms with Gasteiger partial charge in [0.05, 0.1) is 36.5 Å². The number of aryl methyl sites for hydroxylation is 1. The van der Waals surface area contributed by atoms with Crippen LogP contribution in [0.25, 0.3) is 0 Å². The second-order valence-electron chi connectivity index (χ2n) is 5.50. The maximum atomic E-state index is 12.2. The minimum atomic E-state index is -0.102. The summed E-state index contributed by atoms with van der Waals surface area (Å²) < 4.78 is 5.10. The topological polar surface area (TPSA) is 55.3 Å². The van der Waals surface area contributed by atoms with Gasteiger partial charge in [0.1, 0.15) is 0 Å². The van der Waals surface area contributed by atoms with Crippen molar-refractivity contribution < 1.29 is 9.53 Å². The Balaban J connectivity index is 1.67. The van der Waals surface area contributed by atoms with Gasteiger partial charge >= 0.3 is 0 Å². The molecule has 3 heterocycles. The van der Waals surface area contributed by atoms with Crippen molar-refractivity contribution >= 4 is 17.5 Å². The number of ketones is 1. The van der Waals surface area contributed by atoms with E-state index < -0.39 is 0 Å². The van der Waals surface area contributed by atoms with Crippen molar-refractivity contribution in [3.05, 3.63) is 58.9 Å². The molecule has 0 radical (unpaired) electrons. The lowest BCUT2D eigenvalue weighted by Gasteiger charge is -2.29. The van der Waals surface area contributed by atoms with Gasteiger partial charge in [0, 0.05) is 30.3 Å². The normalized spacial score (nSPS) is 20.5. The van der Waals surface area contributed by atoms with Crippen LogP contribution in [0.4, 0.5) is 0 Å². The molecule has 23 heavy (non-hydrogen) atoms. The lowest BCUT2D eigenvalue weighted by Crippen LogP contribution is -2.28. The van der Waals surface area contributed by atoms with Gasteiger partial charge in [0.15, 0.2) is 5.76 Å². The van der Waals surface area contributed by atoms with E-state index in [1.807, 2.05) is 24.6 Å². The van der Waals surface area contributed by atoms with Gasteiger partial charge in [-0.05, 0) is 13.0 Å². The second kappa shape index (κ2) is 7.00. The van der Waals surface area contributed by atoms with Gasteiger partial charge in [-0.2, -0.15) is 0 Å². The maximum Gasteiger partial charge on any atom is 0.211 e. The number of carbonyl (C=O) groups is 1. The van der Waals surface area contributed by atoms with Gasteiger partial charge in [0.2, 0.25) is 5.78 Å². The molecular weight excluding hydrogens is 310 g/mol. The number of ether oxygens (including phenoxy) is 1. The average Bonchev–Trinajstić information content (AvgIpc) is 2.91. The van der Waals surface area contributed by atoms with E-state index in [0.717, 1.165) is 23.6 Å². The van der Waals surface area contributed by atoms with Gasteiger partial charge in [-0.15, -0.1) is 11.8 Å². The molecule has 5 nitrogen and oxygen atoms in total. The van der Waals surface area contributed by atoms with Crippen LogP contribution in [-0.2, 0) is 16.1 Å². The summed E-state index contributed by atoms with van der Waals surface area (Å²) in [6.45, 7) is 3.44. The monoisotopic (exact) mass is 329 g/mol. The molecule has 2 aliphatic rings. The van der Waals surface area contributed by atoms with E-state index in [0.29, 0.717) is 18.7 Å². The summed E-state index contributed by atoms with van der Waals surface area (Å²) in [7, 11) is 1.54. The van der Waals surface area contributed by atoms with E-state index in [-0.39, 0.29) is 11.0 Å². The minimum Gasteiger partial charge on any atom is -0.492 e. The quantitative estimate of drug-likeness (QED) is 0.828. The van der Waals surface area contributed by atoms with E-state index >= 15 is 0 Å². The third-order valence-corrected chi connectivity index (χ3v) is 4.89. The summed E-state index contributed by atoms with van der Waals surface area (Å²) in [6.07, 6.45) is 10.5. The number of hydrogen-bond acceptors (Lipinski definition) is 6. The molecule has 0 saturated carbocycles. The van der Waals surface area contributed by atoms with E-state index in [1.54, 1.807) is 6.20 Å². The summed E-state index contributed by atoms with van der Waals surface area (Å²) >= 11 is 1.53. The largest absolute Gasteiger partial charge is 0.492 e. The molecule has 1 aromatic heterocycles. The summed E-state index contributed by atoms with van der Waals surface area (Å²) in [5.74, 6) is 0.533. The molecule has 0 bridgehead atoms. The van der Waals surface area contributed by atoms with Gasteiger partial charge in [0.25, 0.3) is 0 Å². The zero-order valence-electron chi connectivity index (χ0n) is 13.2. The Labute approximate surface area is 140 Å². The number of carbonyl (C=O) groups excluding carboxylic acids is 1. The van der Waals surface area contributed by atoms with Crippen LogP contribution in [0.5, 0.6) is 0 Å². The van der Waals surface area contributed by atoms with Crippen LogP contribution >= 0.6 is 11.8 Å². The minimum absolute atomic E-state index is 0.0723. The first-order valence-electron chi connectivity index (χ1n) is 7.49. The Morgan fingerprint density at radius 1 is 1.39 bits per heavy atom. The van der Waals surface area contributed by atoms with Crippen molar-refractivity contribution in [2.45, 2.75) is 25.1 Å². The predicted octanol–water partition coefficient (Wildman–Crippen LogP) is 2.60. The van der Waals surface area contributed by atoms with E-state index in [9.17, 15) is 4.79 Å². The zero-order valence-corrected chi connectivity index (χ0v) is 14.0. The van der Waals surface area contributed by atoms with Gasteiger partial charge in [-0.3, -0.25) is 14.8 Å². The number of nitrogens with zero attached hydrogens (tertiary/aromatic N) is 3. The van der Waals surface area contributed by atoms with Crippen LogP contribution in [0, 0.1) is 6.92 Å². The van der Waals surface area contributed by atoms with Crippen LogP contribution < -0.4 is 0 Å². The SMILES string of the molecule is COC1=CSC(CC2=CC=CCN2Cc2cnc(C)cn2)C1=O. The van der Waals surface area contributed by atoms with Gasteiger partial charge in [-0.1, -0.05) is 12.2 Å². The molecular formula is C17H19N3O2S. The lowest BCUT2D eigenvalue weighted by molar-refractivity contribution is -0.117. The number of thioether (sulfide) groups is 1. The molecule has 0 aromatic carbocycles. The Morgan fingerprint density at radius 3 is 2.96 bits per heavy atom. The first-order valence-corrected chi connectivity index (χ1v) is 8.43. The summed E-state index contributed by atoms with van der Waals surface area (Å²) in [4.78, 5) is 23.2. The molecule has 0 N–H and O–H groups in total. The third kappa shape index (κ3) is 3.64. The molecule has 1 unspecified atom stereocenters. The Hall–Kier alpha value is -2.08. The maximum absolute atomic E-state index is 12.2. The Morgan fingerprint density at radius 2 is 2.26 bits per heavy atom. The van der Waals surface area contributed by atoms with Crippen molar-refractivity contribution in [3.63, 3.8) is 0 Å². The Kier molecular flexibility index (Phi) is 4.81. The van der Waals surface area contributed by atoms with Crippen molar-refractivity contribution in [1.29, 1.82) is 0 Å². The number of rotatable bonds is 5. The summed E-state index contributed by atoms with van der Waals surface area (Å²) in [5, 5.41) is 1.71. The van der Waals surface area contributed by atoms with Crippen molar-refractivity contribution in [2.75, 3.05) is 13.7 Å². The number of allylic oxidation sites excluding steroid dienone is 4. The summed E-state index contributed by atoms with van der Waals surface area (Å²) in [6, 6.07) is 0. The molecule has 0 aliphatic carbocycles. The van der Waals surface area contributed by atoms with Crippen LogP contribution in [0.15, 0.2) is 47.5 Å². The van der Waals surface area contributed by atoms with Crippen molar-refractivity contribution in [2.24, 2.45) is 0 Å². The highest BCUT2D eigenvalue weighted by Crippen LogP contribution is 2.33. The molecule has 0 saturated heterocycles. The third-order valence-electron chi connectivity index (χ3n) is 3.83.